The summed E-state index contributed by atoms with van der Waals surface area (Å²) in [6.45, 7) is 5.13. The van der Waals surface area contributed by atoms with E-state index in [2.05, 4.69) is 5.32 Å². The molecule has 1 unspecified atom stereocenters. The molecular weight excluding hydrogens is 302 g/mol. The van der Waals surface area contributed by atoms with Crippen LogP contribution in [0.2, 0.25) is 0 Å². The van der Waals surface area contributed by atoms with E-state index in [1.165, 1.54) is 18.4 Å². The van der Waals surface area contributed by atoms with Crippen molar-refractivity contribution in [3.8, 4) is 0 Å². The van der Waals surface area contributed by atoms with Gasteiger partial charge < -0.3 is 16.0 Å². The molecule has 2 aliphatic rings. The number of piperidine rings is 1. The lowest BCUT2D eigenvalue weighted by molar-refractivity contribution is -0.131. The number of rotatable bonds is 4. The van der Waals surface area contributed by atoms with E-state index in [1.807, 2.05) is 32.0 Å². The second-order valence-corrected chi connectivity index (χ2v) is 7.57. The highest BCUT2D eigenvalue weighted by Gasteiger charge is 2.45. The van der Waals surface area contributed by atoms with Crippen molar-refractivity contribution < 1.29 is 9.59 Å². The van der Waals surface area contributed by atoms with Crippen LogP contribution in [0.5, 0.6) is 0 Å². The molecule has 1 heterocycles. The maximum absolute atomic E-state index is 12.7. The molecule has 1 aliphatic carbocycles. The molecule has 3 rings (SSSR count). The topological polar surface area (TPSA) is 75.4 Å². The molecule has 1 aliphatic heterocycles. The van der Waals surface area contributed by atoms with Crippen LogP contribution in [0.1, 0.15) is 43.2 Å². The number of anilines is 1. The van der Waals surface area contributed by atoms with Crippen molar-refractivity contribution in [2.24, 2.45) is 17.1 Å². The molecule has 0 spiro atoms. The zero-order valence-electron chi connectivity index (χ0n) is 14.6. The van der Waals surface area contributed by atoms with Crippen molar-refractivity contribution in [2.45, 2.75) is 46.0 Å². The zero-order chi connectivity index (χ0) is 17.3. The van der Waals surface area contributed by atoms with E-state index >= 15 is 0 Å². The lowest BCUT2D eigenvalue weighted by Crippen LogP contribution is -2.53. The Balaban J connectivity index is 1.71. The molecule has 2 fully saturated rings. The second kappa shape index (κ2) is 6.46. The van der Waals surface area contributed by atoms with Gasteiger partial charge in [0.05, 0.1) is 5.41 Å². The monoisotopic (exact) mass is 329 g/mol. The van der Waals surface area contributed by atoms with Gasteiger partial charge in [-0.3, -0.25) is 4.79 Å². The molecule has 1 saturated carbocycles. The Bertz CT molecular complexity index is 654. The summed E-state index contributed by atoms with van der Waals surface area (Å²) in [7, 11) is 0. The number of amides is 3. The number of primary amides is 1. The van der Waals surface area contributed by atoms with Gasteiger partial charge in [0.1, 0.15) is 0 Å². The molecule has 0 bridgehead atoms. The zero-order valence-corrected chi connectivity index (χ0v) is 14.6. The predicted molar refractivity (Wildman–Crippen MR) is 94.7 cm³/mol. The Morgan fingerprint density at radius 3 is 2.71 bits per heavy atom. The number of benzene rings is 1. The first-order valence-corrected chi connectivity index (χ1v) is 8.83. The van der Waals surface area contributed by atoms with Crippen LogP contribution in [0, 0.1) is 25.2 Å². The summed E-state index contributed by atoms with van der Waals surface area (Å²) < 4.78 is 0. The average Bonchev–Trinajstić information content (AvgIpc) is 3.34. The van der Waals surface area contributed by atoms with Crippen molar-refractivity contribution >= 4 is 17.6 Å². The average molecular weight is 329 g/mol. The summed E-state index contributed by atoms with van der Waals surface area (Å²) in [5.41, 5.74) is 8.22. The lowest BCUT2D eigenvalue weighted by Gasteiger charge is -2.41. The maximum atomic E-state index is 12.7. The normalized spacial score (nSPS) is 23.8. The molecule has 0 aromatic heterocycles. The number of nitrogens with zero attached hydrogens (tertiary/aromatic N) is 1. The molecule has 130 valence electrons. The SMILES string of the molecule is Cc1ccc(NC(=O)N2CCCC(CC3CC3)(C(N)=O)C2)c(C)c1. The van der Waals surface area contributed by atoms with Crippen LogP contribution in [-0.2, 0) is 4.79 Å². The van der Waals surface area contributed by atoms with Gasteiger partial charge in [0, 0.05) is 18.8 Å². The standard InChI is InChI=1S/C19H27N3O2/c1-13-4-7-16(14(2)10-13)21-18(24)22-9-3-8-19(12-22,17(20)23)11-15-5-6-15/h4,7,10,15H,3,5-6,8-9,11-12H2,1-2H3,(H2,20,23)(H,21,24). The molecule has 24 heavy (non-hydrogen) atoms. The molecule has 0 radical (unpaired) electrons. The van der Waals surface area contributed by atoms with E-state index in [-0.39, 0.29) is 11.9 Å². The fourth-order valence-electron chi connectivity index (χ4n) is 3.80. The Morgan fingerprint density at radius 2 is 2.08 bits per heavy atom. The van der Waals surface area contributed by atoms with Crippen molar-refractivity contribution in [3.05, 3.63) is 29.3 Å². The number of hydrogen-bond acceptors (Lipinski definition) is 2. The summed E-state index contributed by atoms with van der Waals surface area (Å²) in [5.74, 6) is 0.360. The van der Waals surface area contributed by atoms with Crippen LogP contribution in [0.4, 0.5) is 10.5 Å². The first-order chi connectivity index (χ1) is 11.4. The highest BCUT2D eigenvalue weighted by Crippen LogP contribution is 2.44. The fraction of sp³-hybridized carbons (Fsp3) is 0.579. The third-order valence-electron chi connectivity index (χ3n) is 5.39. The second-order valence-electron chi connectivity index (χ2n) is 7.57. The highest BCUT2D eigenvalue weighted by molar-refractivity contribution is 5.91. The van der Waals surface area contributed by atoms with Gasteiger partial charge in [0.25, 0.3) is 0 Å². The quantitative estimate of drug-likeness (QED) is 0.890. The summed E-state index contributed by atoms with van der Waals surface area (Å²) in [6, 6.07) is 5.83. The van der Waals surface area contributed by atoms with Crippen molar-refractivity contribution in [2.75, 3.05) is 18.4 Å². The molecule has 1 aromatic rings. The van der Waals surface area contributed by atoms with E-state index in [0.717, 1.165) is 30.5 Å². The van der Waals surface area contributed by atoms with E-state index in [0.29, 0.717) is 19.0 Å². The van der Waals surface area contributed by atoms with E-state index in [4.69, 9.17) is 5.73 Å². The Labute approximate surface area is 143 Å². The van der Waals surface area contributed by atoms with Gasteiger partial charge in [-0.25, -0.2) is 4.79 Å². The number of hydrogen-bond donors (Lipinski definition) is 2. The minimum atomic E-state index is -0.543. The van der Waals surface area contributed by atoms with Gasteiger partial charge in [0.15, 0.2) is 0 Å². The van der Waals surface area contributed by atoms with E-state index in [9.17, 15) is 9.59 Å². The van der Waals surface area contributed by atoms with Crippen molar-refractivity contribution in [1.29, 1.82) is 0 Å². The molecule has 1 atom stereocenters. The van der Waals surface area contributed by atoms with Gasteiger partial charge in [-0.05, 0) is 50.7 Å². The number of carbonyl (C=O) groups excluding carboxylic acids is 2. The number of nitrogens with one attached hydrogen (secondary N) is 1. The largest absolute Gasteiger partial charge is 0.369 e. The molecular formula is C19H27N3O2. The summed E-state index contributed by atoms with van der Waals surface area (Å²) in [6.07, 6.45) is 4.82. The lowest BCUT2D eigenvalue weighted by atomic mass is 9.75. The smallest absolute Gasteiger partial charge is 0.321 e. The predicted octanol–water partition coefficient (Wildman–Crippen LogP) is 3.20. The van der Waals surface area contributed by atoms with Gasteiger partial charge in [-0.15, -0.1) is 0 Å². The molecule has 1 saturated heterocycles. The molecule has 1 aromatic carbocycles. The molecule has 3 N–H and O–H groups in total. The Morgan fingerprint density at radius 1 is 1.33 bits per heavy atom. The van der Waals surface area contributed by atoms with E-state index < -0.39 is 5.41 Å². The van der Waals surface area contributed by atoms with Crippen molar-refractivity contribution in [3.63, 3.8) is 0 Å². The summed E-state index contributed by atoms with van der Waals surface area (Å²) in [5, 5.41) is 2.99. The molecule has 3 amide bonds. The number of aryl methyl sites for hydroxylation is 2. The van der Waals surface area contributed by atoms with Crippen LogP contribution in [0.3, 0.4) is 0 Å². The highest BCUT2D eigenvalue weighted by atomic mass is 16.2. The number of nitrogens with two attached hydrogens (primary N) is 1. The third kappa shape index (κ3) is 3.55. The maximum Gasteiger partial charge on any atom is 0.321 e. The van der Waals surface area contributed by atoms with Gasteiger partial charge >= 0.3 is 6.03 Å². The molecule has 5 heteroatoms. The number of urea groups is 1. The first-order valence-electron chi connectivity index (χ1n) is 8.83. The van der Waals surface area contributed by atoms with Crippen LogP contribution in [0.25, 0.3) is 0 Å². The number of likely N-dealkylation sites (tertiary alicyclic amines) is 1. The van der Waals surface area contributed by atoms with Gasteiger partial charge in [-0.1, -0.05) is 30.5 Å². The van der Waals surface area contributed by atoms with Gasteiger partial charge in [0.2, 0.25) is 5.91 Å². The third-order valence-corrected chi connectivity index (χ3v) is 5.39. The molecule has 5 nitrogen and oxygen atoms in total. The van der Waals surface area contributed by atoms with Crippen LogP contribution in [0.15, 0.2) is 18.2 Å². The van der Waals surface area contributed by atoms with Crippen molar-refractivity contribution in [1.82, 2.24) is 4.90 Å². The Hall–Kier alpha value is -2.04. The Kier molecular flexibility index (Phi) is 4.52. The summed E-state index contributed by atoms with van der Waals surface area (Å²) in [4.78, 5) is 26.6. The van der Waals surface area contributed by atoms with E-state index in [1.54, 1.807) is 4.90 Å². The van der Waals surface area contributed by atoms with Gasteiger partial charge in [-0.2, -0.15) is 0 Å². The minimum Gasteiger partial charge on any atom is -0.369 e. The fourth-order valence-corrected chi connectivity index (χ4v) is 3.80. The van der Waals surface area contributed by atoms with Crippen LogP contribution in [-0.4, -0.2) is 29.9 Å². The van der Waals surface area contributed by atoms with Crippen LogP contribution < -0.4 is 11.1 Å². The first kappa shape index (κ1) is 16.8. The van der Waals surface area contributed by atoms with Crippen LogP contribution >= 0.6 is 0 Å². The number of carbonyl (C=O) groups is 2. The minimum absolute atomic E-state index is 0.136. The summed E-state index contributed by atoms with van der Waals surface area (Å²) >= 11 is 0.